The topological polar surface area (TPSA) is 77.7 Å². The van der Waals surface area contributed by atoms with Crippen molar-refractivity contribution in [1.29, 1.82) is 0 Å². The maximum absolute atomic E-state index is 13.0. The standard InChI is InChI=1S/C28H25N3O4/c32-27(14-11-21-7-3-1-4-8-21)31(17-15-22-9-5-2-6-10-22)18-16-26-29-28(30-35-26)23-12-13-24-25(19-23)34-20-33-24/h1-14,19H,15-18,20H2/b14-11+. The van der Waals surface area contributed by atoms with Crippen LogP contribution in [0.5, 0.6) is 11.5 Å². The highest BCUT2D eigenvalue weighted by molar-refractivity contribution is 5.91. The van der Waals surface area contributed by atoms with E-state index < -0.39 is 0 Å². The molecule has 1 amide bonds. The molecule has 0 unspecified atom stereocenters. The van der Waals surface area contributed by atoms with Crippen molar-refractivity contribution in [2.45, 2.75) is 12.8 Å². The molecule has 0 radical (unpaired) electrons. The minimum Gasteiger partial charge on any atom is -0.454 e. The van der Waals surface area contributed by atoms with Gasteiger partial charge in [0.2, 0.25) is 24.4 Å². The van der Waals surface area contributed by atoms with Gasteiger partial charge in [0, 0.05) is 31.1 Å². The lowest BCUT2D eigenvalue weighted by Crippen LogP contribution is -2.33. The van der Waals surface area contributed by atoms with E-state index in [0.717, 1.165) is 17.5 Å². The van der Waals surface area contributed by atoms with Crippen molar-refractivity contribution >= 4 is 12.0 Å². The van der Waals surface area contributed by atoms with Crippen molar-refractivity contribution in [3.63, 3.8) is 0 Å². The van der Waals surface area contributed by atoms with Gasteiger partial charge in [-0.3, -0.25) is 4.79 Å². The van der Waals surface area contributed by atoms with Gasteiger partial charge in [0.1, 0.15) is 0 Å². The van der Waals surface area contributed by atoms with E-state index in [-0.39, 0.29) is 12.7 Å². The fourth-order valence-corrected chi connectivity index (χ4v) is 3.82. The molecule has 0 fully saturated rings. The van der Waals surface area contributed by atoms with Gasteiger partial charge in [0.15, 0.2) is 11.5 Å². The van der Waals surface area contributed by atoms with Crippen molar-refractivity contribution in [2.24, 2.45) is 0 Å². The monoisotopic (exact) mass is 467 g/mol. The van der Waals surface area contributed by atoms with Gasteiger partial charge in [0.25, 0.3) is 0 Å². The Morgan fingerprint density at radius 2 is 1.63 bits per heavy atom. The molecule has 0 saturated heterocycles. The molecule has 0 saturated carbocycles. The summed E-state index contributed by atoms with van der Waals surface area (Å²) in [6.07, 6.45) is 4.67. The second-order valence-electron chi connectivity index (χ2n) is 8.13. The Morgan fingerprint density at radius 3 is 2.46 bits per heavy atom. The zero-order chi connectivity index (χ0) is 23.9. The molecule has 0 aliphatic carbocycles. The number of rotatable bonds is 9. The first-order valence-corrected chi connectivity index (χ1v) is 11.5. The summed E-state index contributed by atoms with van der Waals surface area (Å²) in [6.45, 7) is 1.26. The molecule has 5 rings (SSSR count). The number of fused-ring (bicyclic) bond motifs is 1. The third kappa shape index (κ3) is 5.76. The van der Waals surface area contributed by atoms with E-state index in [2.05, 4.69) is 22.3 Å². The first-order valence-electron chi connectivity index (χ1n) is 11.5. The summed E-state index contributed by atoms with van der Waals surface area (Å²) in [6, 6.07) is 25.5. The summed E-state index contributed by atoms with van der Waals surface area (Å²) in [5, 5.41) is 4.10. The highest BCUT2D eigenvalue weighted by Crippen LogP contribution is 2.35. The highest BCUT2D eigenvalue weighted by atomic mass is 16.7. The number of ether oxygens (including phenoxy) is 2. The molecule has 0 bridgehead atoms. The average Bonchev–Trinajstić information content (AvgIpc) is 3.58. The van der Waals surface area contributed by atoms with Crippen LogP contribution in [0.3, 0.4) is 0 Å². The van der Waals surface area contributed by atoms with E-state index in [4.69, 9.17) is 14.0 Å². The van der Waals surface area contributed by atoms with E-state index >= 15 is 0 Å². The van der Waals surface area contributed by atoms with Crippen LogP contribution < -0.4 is 9.47 Å². The predicted octanol–water partition coefficient (Wildman–Crippen LogP) is 4.79. The van der Waals surface area contributed by atoms with E-state index in [1.54, 1.807) is 6.08 Å². The number of benzene rings is 3. The maximum atomic E-state index is 13.0. The molecule has 3 aromatic carbocycles. The van der Waals surface area contributed by atoms with Crippen molar-refractivity contribution in [3.05, 3.63) is 102 Å². The molecular weight excluding hydrogens is 442 g/mol. The fraction of sp³-hybridized carbons (Fsp3) is 0.179. The molecule has 1 aromatic heterocycles. The first-order chi connectivity index (χ1) is 17.2. The molecule has 4 aromatic rings. The maximum Gasteiger partial charge on any atom is 0.246 e. The number of carbonyl (C=O) groups excluding carboxylic acids is 1. The quantitative estimate of drug-likeness (QED) is 0.329. The van der Waals surface area contributed by atoms with Gasteiger partial charge in [-0.2, -0.15) is 4.98 Å². The average molecular weight is 468 g/mol. The molecule has 2 heterocycles. The molecule has 1 aliphatic heterocycles. The second-order valence-corrected chi connectivity index (χ2v) is 8.13. The molecular formula is C28H25N3O4. The number of hydrogen-bond acceptors (Lipinski definition) is 6. The van der Waals surface area contributed by atoms with Crippen LogP contribution in [0.1, 0.15) is 17.0 Å². The van der Waals surface area contributed by atoms with Gasteiger partial charge in [-0.15, -0.1) is 0 Å². The molecule has 35 heavy (non-hydrogen) atoms. The third-order valence-electron chi connectivity index (χ3n) is 5.74. The molecule has 1 aliphatic rings. The predicted molar refractivity (Wildman–Crippen MR) is 132 cm³/mol. The lowest BCUT2D eigenvalue weighted by atomic mass is 10.1. The smallest absolute Gasteiger partial charge is 0.246 e. The van der Waals surface area contributed by atoms with Crippen molar-refractivity contribution in [1.82, 2.24) is 15.0 Å². The third-order valence-corrected chi connectivity index (χ3v) is 5.74. The molecule has 0 N–H and O–H groups in total. The van der Waals surface area contributed by atoms with Gasteiger partial charge in [-0.05, 0) is 41.8 Å². The van der Waals surface area contributed by atoms with Gasteiger partial charge >= 0.3 is 0 Å². The zero-order valence-corrected chi connectivity index (χ0v) is 19.2. The van der Waals surface area contributed by atoms with Crippen molar-refractivity contribution in [3.8, 4) is 22.9 Å². The SMILES string of the molecule is O=C(/C=C/c1ccccc1)N(CCc1ccccc1)CCc1nc(-c2ccc3c(c2)OCO3)no1. The van der Waals surface area contributed by atoms with Crippen LogP contribution in [0.15, 0.2) is 89.5 Å². The largest absolute Gasteiger partial charge is 0.454 e. The van der Waals surface area contributed by atoms with Crippen LogP contribution in [0, 0.1) is 0 Å². The Morgan fingerprint density at radius 1 is 0.886 bits per heavy atom. The van der Waals surface area contributed by atoms with E-state index in [1.807, 2.05) is 77.7 Å². The summed E-state index contributed by atoms with van der Waals surface area (Å²) in [7, 11) is 0. The van der Waals surface area contributed by atoms with E-state index in [1.165, 1.54) is 5.56 Å². The summed E-state index contributed by atoms with van der Waals surface area (Å²) < 4.78 is 16.3. The van der Waals surface area contributed by atoms with Crippen molar-refractivity contribution in [2.75, 3.05) is 19.9 Å². The van der Waals surface area contributed by atoms with E-state index in [9.17, 15) is 4.79 Å². The van der Waals surface area contributed by atoms with Crippen LogP contribution in [-0.2, 0) is 17.6 Å². The van der Waals surface area contributed by atoms with Crippen LogP contribution in [0.2, 0.25) is 0 Å². The lowest BCUT2D eigenvalue weighted by molar-refractivity contribution is -0.126. The number of aromatic nitrogens is 2. The Labute approximate surface area is 203 Å². The Kier molecular flexibility index (Phi) is 6.84. The fourth-order valence-electron chi connectivity index (χ4n) is 3.82. The zero-order valence-electron chi connectivity index (χ0n) is 19.2. The molecule has 176 valence electrons. The van der Waals surface area contributed by atoms with Gasteiger partial charge in [-0.25, -0.2) is 0 Å². The second kappa shape index (κ2) is 10.7. The van der Waals surface area contributed by atoms with Crippen LogP contribution in [0.4, 0.5) is 0 Å². The Hall–Kier alpha value is -4.39. The minimum atomic E-state index is -0.0553. The summed E-state index contributed by atoms with van der Waals surface area (Å²) >= 11 is 0. The minimum absolute atomic E-state index is 0.0553. The van der Waals surface area contributed by atoms with E-state index in [0.29, 0.717) is 42.7 Å². The summed E-state index contributed by atoms with van der Waals surface area (Å²) in [5.74, 6) is 2.26. The summed E-state index contributed by atoms with van der Waals surface area (Å²) in [4.78, 5) is 19.4. The van der Waals surface area contributed by atoms with Crippen LogP contribution >= 0.6 is 0 Å². The first kappa shape index (κ1) is 22.4. The number of nitrogens with zero attached hydrogens (tertiary/aromatic N) is 3. The van der Waals surface area contributed by atoms with Gasteiger partial charge < -0.3 is 18.9 Å². The van der Waals surface area contributed by atoms with Gasteiger partial charge in [-0.1, -0.05) is 65.8 Å². The molecule has 7 nitrogen and oxygen atoms in total. The van der Waals surface area contributed by atoms with Gasteiger partial charge in [0.05, 0.1) is 0 Å². The molecule has 0 atom stereocenters. The Bertz CT molecular complexity index is 1300. The molecule has 0 spiro atoms. The lowest BCUT2D eigenvalue weighted by Gasteiger charge is -2.20. The van der Waals surface area contributed by atoms with Crippen LogP contribution in [0.25, 0.3) is 17.5 Å². The molecule has 7 heteroatoms. The summed E-state index contributed by atoms with van der Waals surface area (Å²) in [5.41, 5.74) is 2.95. The van der Waals surface area contributed by atoms with Crippen LogP contribution in [-0.4, -0.2) is 40.8 Å². The highest BCUT2D eigenvalue weighted by Gasteiger charge is 2.18. The number of hydrogen-bond donors (Lipinski definition) is 0. The normalized spacial score (nSPS) is 12.2. The number of amides is 1. The Balaban J connectivity index is 1.26. The number of carbonyl (C=O) groups is 1. The van der Waals surface area contributed by atoms with Crippen molar-refractivity contribution < 1.29 is 18.8 Å².